The normalized spacial score (nSPS) is 11.3. The molecule has 0 saturated carbocycles. The summed E-state index contributed by atoms with van der Waals surface area (Å²) in [4.78, 5) is 4.11. The van der Waals surface area contributed by atoms with Crippen LogP contribution in [0.5, 0.6) is 17.2 Å². The Morgan fingerprint density at radius 1 is 0.913 bits per heavy atom. The Bertz CT molecular complexity index is 1680. The van der Waals surface area contributed by atoms with Crippen molar-refractivity contribution in [2.45, 2.75) is 45.6 Å². The zero-order chi connectivity index (χ0) is 33.1. The van der Waals surface area contributed by atoms with Crippen molar-refractivity contribution in [2.24, 2.45) is 0 Å². The van der Waals surface area contributed by atoms with E-state index in [1.807, 2.05) is 43.3 Å². The fraction of sp³-hybridized carbons (Fsp3) is 0.314. The molecule has 0 amide bonds. The second-order valence-electron chi connectivity index (χ2n) is 11.0. The lowest BCUT2D eigenvalue weighted by Gasteiger charge is -2.27. The van der Waals surface area contributed by atoms with Gasteiger partial charge in [-0.05, 0) is 55.2 Å². The van der Waals surface area contributed by atoms with Crippen LogP contribution in [0.4, 0.5) is 0 Å². The number of nitrogens with one attached hydrogen (secondary N) is 1. The summed E-state index contributed by atoms with van der Waals surface area (Å²) in [5.74, 6) is 1.55. The molecule has 0 spiro atoms. The van der Waals surface area contributed by atoms with Crippen molar-refractivity contribution in [1.82, 2.24) is 10.3 Å². The Morgan fingerprint density at radius 2 is 1.65 bits per heavy atom. The molecule has 0 radical (unpaired) electrons. The molecule has 0 atom stereocenters. The average Bonchev–Trinajstić information content (AvgIpc) is 3.07. The molecular formula is C35H36BrCl2N3O5. The van der Waals surface area contributed by atoms with E-state index in [2.05, 4.69) is 32.3 Å². The van der Waals surface area contributed by atoms with Crippen LogP contribution in [0.25, 0.3) is 11.1 Å². The molecule has 4 rings (SSSR count). The van der Waals surface area contributed by atoms with Gasteiger partial charge in [0.25, 0.3) is 0 Å². The van der Waals surface area contributed by atoms with Crippen molar-refractivity contribution in [1.29, 1.82) is 5.26 Å². The molecule has 0 aliphatic heterocycles. The van der Waals surface area contributed by atoms with Gasteiger partial charge < -0.3 is 29.7 Å². The molecule has 242 valence electrons. The summed E-state index contributed by atoms with van der Waals surface area (Å²) < 4.78 is 18.3. The first-order valence-corrected chi connectivity index (χ1v) is 16.5. The van der Waals surface area contributed by atoms with Crippen LogP contribution in [-0.4, -0.2) is 45.9 Å². The van der Waals surface area contributed by atoms with Gasteiger partial charge in [-0.2, -0.15) is 5.26 Å². The van der Waals surface area contributed by atoms with Crippen LogP contribution < -0.4 is 19.5 Å². The number of benzene rings is 3. The molecule has 46 heavy (non-hydrogen) atoms. The van der Waals surface area contributed by atoms with Crippen molar-refractivity contribution in [3.05, 3.63) is 105 Å². The van der Waals surface area contributed by atoms with E-state index in [1.54, 1.807) is 31.3 Å². The van der Waals surface area contributed by atoms with Gasteiger partial charge in [0.1, 0.15) is 36.5 Å². The van der Waals surface area contributed by atoms with Crippen LogP contribution in [0.15, 0.2) is 67.0 Å². The van der Waals surface area contributed by atoms with E-state index in [4.69, 9.17) is 37.4 Å². The highest BCUT2D eigenvalue weighted by atomic mass is 79.9. The molecule has 3 aromatic carbocycles. The van der Waals surface area contributed by atoms with Crippen LogP contribution >= 0.6 is 39.1 Å². The average molecular weight is 729 g/mol. The molecule has 1 aromatic heterocycles. The minimum atomic E-state index is -0.908. The topological polar surface area (TPSA) is 117 Å². The lowest BCUT2D eigenvalue weighted by atomic mass is 9.96. The second kappa shape index (κ2) is 17.0. The van der Waals surface area contributed by atoms with E-state index in [1.165, 1.54) is 6.20 Å². The molecule has 0 fully saturated rings. The van der Waals surface area contributed by atoms with Crippen molar-refractivity contribution < 1.29 is 24.4 Å². The van der Waals surface area contributed by atoms with Crippen LogP contribution in [0.1, 0.15) is 41.2 Å². The number of ether oxygens (including phenoxy) is 3. The highest BCUT2D eigenvalue weighted by Crippen LogP contribution is 2.38. The van der Waals surface area contributed by atoms with Gasteiger partial charge in [0.2, 0.25) is 0 Å². The van der Waals surface area contributed by atoms with Crippen LogP contribution in [0.2, 0.25) is 10.0 Å². The Labute approximate surface area is 288 Å². The number of aromatic nitrogens is 1. The summed E-state index contributed by atoms with van der Waals surface area (Å²) in [6.07, 6.45) is 3.99. The summed E-state index contributed by atoms with van der Waals surface area (Å²) in [5.41, 5.74) is 4.73. The number of hydrogen-bond acceptors (Lipinski definition) is 8. The third-order valence-corrected chi connectivity index (χ3v) is 8.70. The number of aliphatic hydroxyl groups is 2. The lowest BCUT2D eigenvalue weighted by molar-refractivity contribution is 0.103. The molecule has 1 heterocycles. The van der Waals surface area contributed by atoms with Gasteiger partial charge in [0, 0.05) is 47.0 Å². The van der Waals surface area contributed by atoms with Gasteiger partial charge in [-0.3, -0.25) is 4.98 Å². The first-order chi connectivity index (χ1) is 22.2. The van der Waals surface area contributed by atoms with E-state index >= 15 is 0 Å². The minimum Gasteiger partial charge on any atom is -0.492 e. The summed E-state index contributed by atoms with van der Waals surface area (Å²) in [6.45, 7) is 4.40. The van der Waals surface area contributed by atoms with Crippen LogP contribution in [0, 0.1) is 18.3 Å². The smallest absolute Gasteiger partial charge is 0.142 e. The Balaban J connectivity index is 1.58. The zero-order valence-corrected chi connectivity index (χ0v) is 28.8. The molecule has 3 N–H and O–H groups in total. The maximum Gasteiger partial charge on any atom is 0.142 e. The summed E-state index contributed by atoms with van der Waals surface area (Å²) in [7, 11) is 0. The van der Waals surface area contributed by atoms with Crippen molar-refractivity contribution in [3.63, 3.8) is 0 Å². The minimum absolute atomic E-state index is 0.147. The Kier molecular flexibility index (Phi) is 13.1. The van der Waals surface area contributed by atoms with Gasteiger partial charge in [0.15, 0.2) is 0 Å². The summed E-state index contributed by atoms with van der Waals surface area (Å²) >= 11 is 16.9. The predicted molar refractivity (Wildman–Crippen MR) is 184 cm³/mol. The molecule has 0 unspecified atom stereocenters. The van der Waals surface area contributed by atoms with E-state index in [0.717, 1.165) is 39.6 Å². The molecule has 0 bridgehead atoms. The number of pyridine rings is 1. The number of alkyl halides is 1. The number of rotatable bonds is 16. The highest BCUT2D eigenvalue weighted by Gasteiger charge is 2.23. The summed E-state index contributed by atoms with van der Waals surface area (Å²) in [5, 5.41) is 33.7. The quantitative estimate of drug-likeness (QED) is 0.0808. The molecule has 0 aliphatic carbocycles. The monoisotopic (exact) mass is 727 g/mol. The first-order valence-electron chi connectivity index (χ1n) is 14.7. The Hall–Kier alpha value is -3.36. The molecule has 0 saturated heterocycles. The van der Waals surface area contributed by atoms with Crippen LogP contribution in [-0.2, 0) is 19.8 Å². The summed E-state index contributed by atoms with van der Waals surface area (Å²) in [6, 6.07) is 19.0. The SMILES string of the molecule is Cc1c(COc2cc(OCc3cncc(C#N)c3)c(CNC(C)(CO)CO)cc2Cl)cccc1-c1cccc(OCCCBr)c1Cl. The fourth-order valence-electron chi connectivity index (χ4n) is 4.57. The molecular weight excluding hydrogens is 693 g/mol. The number of nitriles is 1. The van der Waals surface area contributed by atoms with Gasteiger partial charge in [0.05, 0.1) is 41.0 Å². The first kappa shape index (κ1) is 35.5. The van der Waals surface area contributed by atoms with Crippen molar-refractivity contribution >= 4 is 39.1 Å². The maximum atomic E-state index is 9.75. The maximum absolute atomic E-state index is 9.75. The third kappa shape index (κ3) is 9.13. The van der Waals surface area contributed by atoms with E-state index in [0.29, 0.717) is 45.0 Å². The molecule has 8 nitrogen and oxygen atoms in total. The molecule has 0 aliphatic rings. The largest absolute Gasteiger partial charge is 0.492 e. The van der Waals surface area contributed by atoms with Gasteiger partial charge in [-0.1, -0.05) is 69.5 Å². The van der Waals surface area contributed by atoms with Gasteiger partial charge in [-0.25, -0.2) is 0 Å². The number of nitrogens with zero attached hydrogens (tertiary/aromatic N) is 2. The zero-order valence-electron chi connectivity index (χ0n) is 25.7. The van der Waals surface area contributed by atoms with E-state index < -0.39 is 5.54 Å². The fourth-order valence-corrected chi connectivity index (χ4v) is 5.32. The van der Waals surface area contributed by atoms with Gasteiger partial charge >= 0.3 is 0 Å². The highest BCUT2D eigenvalue weighted by molar-refractivity contribution is 9.09. The Morgan fingerprint density at radius 3 is 2.39 bits per heavy atom. The second-order valence-corrected chi connectivity index (χ2v) is 12.6. The van der Waals surface area contributed by atoms with E-state index in [-0.39, 0.29) is 33.0 Å². The standard InChI is InChI=1S/C35H36BrCl2N3O5/c1-23-26(6-3-7-28(23)29-8-4-9-31(34(29)38)44-11-5-10-36)20-46-33-14-32(45-19-25-12-24(15-39)16-40-17-25)27(13-30(33)37)18-41-35(2,21-42)22-43/h3-4,6-9,12-14,16-17,41-43H,5,10-11,18-22H2,1-2H3. The van der Waals surface area contributed by atoms with Crippen molar-refractivity contribution in [2.75, 3.05) is 25.2 Å². The number of hydrogen-bond donors (Lipinski definition) is 3. The predicted octanol–water partition coefficient (Wildman–Crippen LogP) is 7.39. The van der Waals surface area contributed by atoms with Gasteiger partial charge in [-0.15, -0.1) is 0 Å². The molecule has 4 aromatic rings. The van der Waals surface area contributed by atoms with E-state index in [9.17, 15) is 15.5 Å². The number of halogens is 3. The van der Waals surface area contributed by atoms with Crippen molar-refractivity contribution in [3.8, 4) is 34.4 Å². The third-order valence-electron chi connectivity index (χ3n) is 7.46. The lowest BCUT2D eigenvalue weighted by Crippen LogP contribution is -2.48. The van der Waals surface area contributed by atoms with Crippen LogP contribution in [0.3, 0.4) is 0 Å². The molecule has 11 heteroatoms. The number of aliphatic hydroxyl groups excluding tert-OH is 2.